The molecule has 0 aliphatic heterocycles. The molecule has 0 N–H and O–H groups in total. The van der Waals surface area contributed by atoms with Gasteiger partial charge in [-0.15, -0.1) is 0 Å². The summed E-state index contributed by atoms with van der Waals surface area (Å²) in [5, 5.41) is 0. The molecule has 0 aliphatic carbocycles. The van der Waals surface area contributed by atoms with Crippen LogP contribution in [0.25, 0.3) is 0 Å². The van der Waals surface area contributed by atoms with Crippen LogP contribution in [0.3, 0.4) is 0 Å². The highest BCUT2D eigenvalue weighted by atomic mass is 79.9. The zero-order valence-electron chi connectivity index (χ0n) is 10.1. The van der Waals surface area contributed by atoms with Gasteiger partial charge in [-0.25, -0.2) is 0 Å². The molecule has 2 atom stereocenters. The first-order chi connectivity index (χ1) is 7.00. The molecule has 1 heteroatoms. The van der Waals surface area contributed by atoms with Crippen LogP contribution >= 0.6 is 15.9 Å². The average molecular weight is 269 g/mol. The van der Waals surface area contributed by atoms with Gasteiger partial charge in [0, 0.05) is 4.83 Å². The molecule has 0 aliphatic rings. The van der Waals surface area contributed by atoms with E-state index in [1.807, 2.05) is 0 Å². The van der Waals surface area contributed by atoms with E-state index in [4.69, 9.17) is 0 Å². The molecule has 2 unspecified atom stereocenters. The Bertz CT molecular complexity index is 285. The van der Waals surface area contributed by atoms with Crippen LogP contribution in [-0.2, 0) is 6.42 Å². The second kappa shape index (κ2) is 5.69. The molecule has 0 saturated heterocycles. The van der Waals surface area contributed by atoms with Gasteiger partial charge in [-0.1, -0.05) is 67.9 Å². The van der Waals surface area contributed by atoms with Crippen LogP contribution in [0.5, 0.6) is 0 Å². The van der Waals surface area contributed by atoms with Gasteiger partial charge in [-0.05, 0) is 29.4 Å². The van der Waals surface area contributed by atoms with Crippen molar-refractivity contribution >= 4 is 15.9 Å². The summed E-state index contributed by atoms with van der Waals surface area (Å²) in [5.74, 6) is 1.32. The molecule has 0 fully saturated rings. The van der Waals surface area contributed by atoms with Gasteiger partial charge in [-0.3, -0.25) is 0 Å². The number of benzene rings is 1. The maximum atomic E-state index is 3.63. The van der Waals surface area contributed by atoms with E-state index >= 15 is 0 Å². The topological polar surface area (TPSA) is 0 Å². The lowest BCUT2D eigenvalue weighted by Gasteiger charge is -2.14. The van der Waals surface area contributed by atoms with Crippen molar-refractivity contribution in [2.24, 2.45) is 5.92 Å². The molecule has 0 saturated carbocycles. The van der Waals surface area contributed by atoms with Gasteiger partial charge in [-0.2, -0.15) is 0 Å². The third-order valence-electron chi connectivity index (χ3n) is 2.99. The second-order valence-corrected chi connectivity index (χ2v) is 6.20. The number of rotatable bonds is 4. The molecule has 0 amide bonds. The van der Waals surface area contributed by atoms with Crippen LogP contribution < -0.4 is 0 Å². The number of alkyl halides is 1. The van der Waals surface area contributed by atoms with Gasteiger partial charge in [0.05, 0.1) is 0 Å². The first kappa shape index (κ1) is 12.8. The quantitative estimate of drug-likeness (QED) is 0.690. The summed E-state index contributed by atoms with van der Waals surface area (Å²) < 4.78 is 0. The van der Waals surface area contributed by atoms with E-state index in [1.54, 1.807) is 0 Å². The van der Waals surface area contributed by atoms with Crippen molar-refractivity contribution in [2.45, 2.75) is 44.9 Å². The Labute approximate surface area is 102 Å². The van der Waals surface area contributed by atoms with Crippen LogP contribution in [-0.4, -0.2) is 4.83 Å². The first-order valence-corrected chi connectivity index (χ1v) is 6.65. The van der Waals surface area contributed by atoms with Gasteiger partial charge < -0.3 is 0 Å². The normalized spacial score (nSPS) is 15.3. The maximum Gasteiger partial charge on any atom is 0.0146 e. The number of hydrogen-bond acceptors (Lipinski definition) is 0. The van der Waals surface area contributed by atoms with E-state index in [9.17, 15) is 0 Å². The standard InChI is InChI=1S/C14H21Br/c1-10(2)14-7-5-13(6-8-14)9-11(3)12(4)15/h5-8,10-12H,9H2,1-4H3. The van der Waals surface area contributed by atoms with Crippen molar-refractivity contribution in [3.63, 3.8) is 0 Å². The molecule has 15 heavy (non-hydrogen) atoms. The fourth-order valence-electron chi connectivity index (χ4n) is 1.57. The third kappa shape index (κ3) is 3.98. The summed E-state index contributed by atoms with van der Waals surface area (Å²) in [4.78, 5) is 0.585. The minimum absolute atomic E-state index is 0.585. The highest BCUT2D eigenvalue weighted by Crippen LogP contribution is 2.20. The molecule has 0 nitrogen and oxygen atoms in total. The van der Waals surface area contributed by atoms with Crippen LogP contribution in [0.2, 0.25) is 0 Å². The van der Waals surface area contributed by atoms with Gasteiger partial charge in [0.1, 0.15) is 0 Å². The fraction of sp³-hybridized carbons (Fsp3) is 0.571. The van der Waals surface area contributed by atoms with E-state index in [1.165, 1.54) is 11.1 Å². The molecule has 0 bridgehead atoms. The molecular formula is C14H21Br. The third-order valence-corrected chi connectivity index (χ3v) is 3.89. The van der Waals surface area contributed by atoms with E-state index in [0.717, 1.165) is 6.42 Å². The SMILES string of the molecule is CC(C)c1ccc(CC(C)C(C)Br)cc1. The van der Waals surface area contributed by atoms with Crippen molar-refractivity contribution in [1.82, 2.24) is 0 Å². The smallest absolute Gasteiger partial charge is 0.0146 e. The lowest BCUT2D eigenvalue weighted by atomic mass is 9.96. The minimum Gasteiger partial charge on any atom is -0.0891 e. The zero-order chi connectivity index (χ0) is 11.4. The molecule has 1 aromatic rings. The molecule has 0 radical (unpaired) electrons. The Hall–Kier alpha value is -0.300. The second-order valence-electron chi connectivity index (χ2n) is 4.76. The predicted octanol–water partition coefficient (Wildman–Crippen LogP) is 4.77. The van der Waals surface area contributed by atoms with Gasteiger partial charge in [0.15, 0.2) is 0 Å². The van der Waals surface area contributed by atoms with Crippen LogP contribution in [0, 0.1) is 5.92 Å². The summed E-state index contributed by atoms with van der Waals surface area (Å²) in [7, 11) is 0. The molecule has 1 aromatic carbocycles. The summed E-state index contributed by atoms with van der Waals surface area (Å²) in [5.41, 5.74) is 2.87. The summed E-state index contributed by atoms with van der Waals surface area (Å²) in [6, 6.07) is 9.04. The Balaban J connectivity index is 2.64. The van der Waals surface area contributed by atoms with E-state index in [2.05, 4.69) is 67.9 Å². The van der Waals surface area contributed by atoms with Gasteiger partial charge in [0.2, 0.25) is 0 Å². The van der Waals surface area contributed by atoms with Crippen molar-refractivity contribution in [1.29, 1.82) is 0 Å². The molecule has 0 heterocycles. The van der Waals surface area contributed by atoms with Crippen LogP contribution in [0.4, 0.5) is 0 Å². The lowest BCUT2D eigenvalue weighted by molar-refractivity contribution is 0.581. The monoisotopic (exact) mass is 268 g/mol. The van der Waals surface area contributed by atoms with Crippen molar-refractivity contribution in [3.05, 3.63) is 35.4 Å². The Morgan fingerprint density at radius 1 is 1.00 bits per heavy atom. The summed E-state index contributed by atoms with van der Waals surface area (Å²) in [6.07, 6.45) is 1.16. The largest absolute Gasteiger partial charge is 0.0891 e. The zero-order valence-corrected chi connectivity index (χ0v) is 11.7. The molecule has 84 valence electrons. The van der Waals surface area contributed by atoms with Crippen molar-refractivity contribution in [3.8, 4) is 0 Å². The Morgan fingerprint density at radius 3 is 1.93 bits per heavy atom. The molecule has 0 spiro atoms. The van der Waals surface area contributed by atoms with Crippen molar-refractivity contribution in [2.75, 3.05) is 0 Å². The van der Waals surface area contributed by atoms with E-state index in [-0.39, 0.29) is 0 Å². The summed E-state index contributed by atoms with van der Waals surface area (Å²) >= 11 is 3.63. The molecule has 1 rings (SSSR count). The number of halogens is 1. The Morgan fingerprint density at radius 2 is 1.53 bits per heavy atom. The summed E-state index contributed by atoms with van der Waals surface area (Å²) in [6.45, 7) is 8.97. The lowest BCUT2D eigenvalue weighted by Crippen LogP contribution is -2.09. The van der Waals surface area contributed by atoms with Crippen LogP contribution in [0.15, 0.2) is 24.3 Å². The predicted molar refractivity (Wildman–Crippen MR) is 71.8 cm³/mol. The van der Waals surface area contributed by atoms with Gasteiger partial charge in [0.25, 0.3) is 0 Å². The highest BCUT2D eigenvalue weighted by molar-refractivity contribution is 9.09. The maximum absolute atomic E-state index is 3.63. The number of hydrogen-bond donors (Lipinski definition) is 0. The minimum atomic E-state index is 0.585. The fourth-order valence-corrected chi connectivity index (χ4v) is 1.76. The molecule has 0 aromatic heterocycles. The van der Waals surface area contributed by atoms with E-state index in [0.29, 0.717) is 16.7 Å². The first-order valence-electron chi connectivity index (χ1n) is 5.73. The Kier molecular flexibility index (Phi) is 4.85. The van der Waals surface area contributed by atoms with Crippen LogP contribution in [0.1, 0.15) is 44.7 Å². The molecular weight excluding hydrogens is 248 g/mol. The average Bonchev–Trinajstić information content (AvgIpc) is 2.18. The van der Waals surface area contributed by atoms with Crippen molar-refractivity contribution < 1.29 is 0 Å². The van der Waals surface area contributed by atoms with E-state index < -0.39 is 0 Å². The highest BCUT2D eigenvalue weighted by Gasteiger charge is 2.09. The van der Waals surface area contributed by atoms with Gasteiger partial charge >= 0.3 is 0 Å².